The Labute approximate surface area is 92.4 Å². The second-order valence-electron chi connectivity index (χ2n) is 3.12. The van der Waals surface area contributed by atoms with Gasteiger partial charge in [-0.15, -0.1) is 0 Å². The van der Waals surface area contributed by atoms with Gasteiger partial charge in [-0.25, -0.2) is 0 Å². The van der Waals surface area contributed by atoms with Crippen LogP contribution in [-0.4, -0.2) is 12.9 Å². The van der Waals surface area contributed by atoms with Gasteiger partial charge in [0.15, 0.2) is 0 Å². The third-order valence-electron chi connectivity index (χ3n) is 2.02. The Morgan fingerprint density at radius 3 is 2.79 bits per heavy atom. The molecule has 0 aromatic heterocycles. The predicted molar refractivity (Wildman–Crippen MR) is 59.7 cm³/mol. The van der Waals surface area contributed by atoms with Gasteiger partial charge >= 0.3 is 0 Å². The normalized spacial score (nSPS) is 9.93. The molecule has 14 heavy (non-hydrogen) atoms. The van der Waals surface area contributed by atoms with Gasteiger partial charge in [-0.1, -0.05) is 22.0 Å². The number of Topliss-reactive ketones (excluding diaryl/α,β-unsaturated/α-hetero) is 1. The van der Waals surface area contributed by atoms with Crippen LogP contribution in [0.4, 0.5) is 0 Å². The van der Waals surface area contributed by atoms with Crippen molar-refractivity contribution in [2.24, 2.45) is 0 Å². The topological polar surface area (TPSA) is 26.3 Å². The van der Waals surface area contributed by atoms with E-state index in [2.05, 4.69) is 15.9 Å². The van der Waals surface area contributed by atoms with Crippen LogP contribution in [0.1, 0.15) is 18.9 Å². The van der Waals surface area contributed by atoms with Crippen molar-refractivity contribution >= 4 is 21.7 Å². The molecule has 0 amide bonds. The lowest BCUT2D eigenvalue weighted by molar-refractivity contribution is -0.116. The first-order valence-electron chi connectivity index (χ1n) is 4.46. The number of ether oxygens (including phenoxy) is 1. The minimum atomic E-state index is 0.197. The molecule has 1 aromatic rings. The van der Waals surface area contributed by atoms with Crippen molar-refractivity contribution in [3.05, 3.63) is 28.2 Å². The van der Waals surface area contributed by atoms with E-state index in [1.807, 2.05) is 18.2 Å². The van der Waals surface area contributed by atoms with Crippen molar-refractivity contribution in [1.29, 1.82) is 0 Å². The summed E-state index contributed by atoms with van der Waals surface area (Å²) in [5.41, 5.74) is 1.06. The van der Waals surface area contributed by atoms with Crippen LogP contribution >= 0.6 is 15.9 Å². The molecule has 0 aliphatic rings. The first kappa shape index (κ1) is 11.2. The van der Waals surface area contributed by atoms with Gasteiger partial charge in [0, 0.05) is 16.5 Å². The Bertz CT molecular complexity index is 334. The molecule has 0 unspecified atom stereocenters. The highest BCUT2D eigenvalue weighted by Gasteiger charge is 2.07. The number of carbonyl (C=O) groups is 1. The van der Waals surface area contributed by atoms with Gasteiger partial charge in [0.25, 0.3) is 0 Å². The molecule has 0 fully saturated rings. The van der Waals surface area contributed by atoms with Crippen molar-refractivity contribution in [3.8, 4) is 5.75 Å². The molecule has 0 saturated heterocycles. The van der Waals surface area contributed by atoms with Crippen LogP contribution < -0.4 is 4.74 Å². The Morgan fingerprint density at radius 1 is 1.50 bits per heavy atom. The maximum absolute atomic E-state index is 10.9. The standard InChI is InChI=1S/C11H13BrO2/c1-8(13)6-7-9-10(12)4-3-5-11(9)14-2/h3-5H,6-7H2,1-2H3. The van der Waals surface area contributed by atoms with Crippen LogP contribution in [0.15, 0.2) is 22.7 Å². The molecule has 0 saturated carbocycles. The van der Waals surface area contributed by atoms with E-state index in [0.717, 1.165) is 22.2 Å². The second-order valence-corrected chi connectivity index (χ2v) is 3.98. The molecule has 2 nitrogen and oxygen atoms in total. The zero-order valence-corrected chi connectivity index (χ0v) is 9.93. The molecule has 0 N–H and O–H groups in total. The van der Waals surface area contributed by atoms with Gasteiger partial charge < -0.3 is 9.53 Å². The Morgan fingerprint density at radius 2 is 2.21 bits per heavy atom. The molecule has 0 heterocycles. The molecular weight excluding hydrogens is 244 g/mol. The summed E-state index contributed by atoms with van der Waals surface area (Å²) >= 11 is 3.45. The van der Waals surface area contributed by atoms with Gasteiger partial charge in [-0.3, -0.25) is 0 Å². The molecule has 0 aliphatic carbocycles. The van der Waals surface area contributed by atoms with E-state index in [1.165, 1.54) is 0 Å². The number of ketones is 1. The number of hydrogen-bond donors (Lipinski definition) is 0. The maximum atomic E-state index is 10.9. The molecule has 0 atom stereocenters. The summed E-state index contributed by atoms with van der Waals surface area (Å²) in [6.45, 7) is 1.60. The molecule has 0 radical (unpaired) electrons. The van der Waals surface area contributed by atoms with Gasteiger partial charge in [0.05, 0.1) is 7.11 Å². The molecule has 1 aromatic carbocycles. The highest BCUT2D eigenvalue weighted by Crippen LogP contribution is 2.27. The van der Waals surface area contributed by atoms with Crippen molar-refractivity contribution in [1.82, 2.24) is 0 Å². The van der Waals surface area contributed by atoms with Gasteiger partial charge in [-0.05, 0) is 25.5 Å². The predicted octanol–water partition coefficient (Wildman–Crippen LogP) is 2.98. The van der Waals surface area contributed by atoms with Crippen molar-refractivity contribution in [2.45, 2.75) is 19.8 Å². The molecule has 1 rings (SSSR count). The van der Waals surface area contributed by atoms with E-state index in [0.29, 0.717) is 6.42 Å². The average molecular weight is 257 g/mol. The lowest BCUT2D eigenvalue weighted by Gasteiger charge is -2.09. The van der Waals surface area contributed by atoms with Crippen molar-refractivity contribution in [3.63, 3.8) is 0 Å². The largest absolute Gasteiger partial charge is 0.496 e. The average Bonchev–Trinajstić information content (AvgIpc) is 2.15. The first-order valence-corrected chi connectivity index (χ1v) is 5.25. The SMILES string of the molecule is COc1cccc(Br)c1CCC(C)=O. The second kappa shape index (κ2) is 5.15. The minimum Gasteiger partial charge on any atom is -0.496 e. The van der Waals surface area contributed by atoms with Crippen LogP contribution in [0.2, 0.25) is 0 Å². The van der Waals surface area contributed by atoms with E-state index in [1.54, 1.807) is 14.0 Å². The van der Waals surface area contributed by atoms with Crippen LogP contribution in [0.25, 0.3) is 0 Å². The Kier molecular flexibility index (Phi) is 4.14. The number of benzene rings is 1. The molecule has 0 bridgehead atoms. The zero-order valence-electron chi connectivity index (χ0n) is 8.34. The van der Waals surface area contributed by atoms with E-state index < -0.39 is 0 Å². The van der Waals surface area contributed by atoms with Crippen LogP contribution in [0.5, 0.6) is 5.75 Å². The highest BCUT2D eigenvalue weighted by molar-refractivity contribution is 9.10. The van der Waals surface area contributed by atoms with Crippen LogP contribution in [-0.2, 0) is 11.2 Å². The Hall–Kier alpha value is -0.830. The monoisotopic (exact) mass is 256 g/mol. The lowest BCUT2D eigenvalue weighted by Crippen LogP contribution is -1.98. The number of hydrogen-bond acceptors (Lipinski definition) is 2. The number of carbonyl (C=O) groups excluding carboxylic acids is 1. The molecule has 3 heteroatoms. The summed E-state index contributed by atoms with van der Waals surface area (Å²) in [7, 11) is 1.64. The summed E-state index contributed by atoms with van der Waals surface area (Å²) in [6, 6.07) is 5.78. The summed E-state index contributed by atoms with van der Waals surface area (Å²) in [5, 5.41) is 0. The van der Waals surface area contributed by atoms with Crippen LogP contribution in [0.3, 0.4) is 0 Å². The maximum Gasteiger partial charge on any atom is 0.130 e. The summed E-state index contributed by atoms with van der Waals surface area (Å²) in [6.07, 6.45) is 1.28. The smallest absolute Gasteiger partial charge is 0.130 e. The molecular formula is C11H13BrO2. The van der Waals surface area contributed by atoms with Gasteiger partial charge in [0.2, 0.25) is 0 Å². The fourth-order valence-electron chi connectivity index (χ4n) is 1.27. The number of halogens is 1. The zero-order chi connectivity index (χ0) is 10.6. The third kappa shape index (κ3) is 2.84. The van der Waals surface area contributed by atoms with E-state index in [4.69, 9.17) is 4.74 Å². The van der Waals surface area contributed by atoms with Gasteiger partial charge in [0.1, 0.15) is 11.5 Å². The van der Waals surface area contributed by atoms with E-state index in [9.17, 15) is 4.79 Å². The van der Waals surface area contributed by atoms with E-state index >= 15 is 0 Å². The fraction of sp³-hybridized carbons (Fsp3) is 0.364. The van der Waals surface area contributed by atoms with Crippen molar-refractivity contribution in [2.75, 3.05) is 7.11 Å². The third-order valence-corrected chi connectivity index (χ3v) is 2.77. The number of rotatable bonds is 4. The molecule has 76 valence electrons. The van der Waals surface area contributed by atoms with Crippen molar-refractivity contribution < 1.29 is 9.53 Å². The Balaban J connectivity index is 2.87. The summed E-state index contributed by atoms with van der Waals surface area (Å²) in [5.74, 6) is 1.03. The van der Waals surface area contributed by atoms with Crippen LogP contribution in [0, 0.1) is 0 Å². The first-order chi connectivity index (χ1) is 6.65. The molecule has 0 spiro atoms. The summed E-state index contributed by atoms with van der Waals surface area (Å²) in [4.78, 5) is 10.9. The fourth-order valence-corrected chi connectivity index (χ4v) is 1.82. The van der Waals surface area contributed by atoms with E-state index in [-0.39, 0.29) is 5.78 Å². The van der Waals surface area contributed by atoms with Gasteiger partial charge in [-0.2, -0.15) is 0 Å². The molecule has 0 aliphatic heterocycles. The lowest BCUT2D eigenvalue weighted by atomic mass is 10.1. The summed E-state index contributed by atoms with van der Waals surface area (Å²) < 4.78 is 6.22. The minimum absolute atomic E-state index is 0.197. The number of methoxy groups -OCH3 is 1. The quantitative estimate of drug-likeness (QED) is 0.828. The highest BCUT2D eigenvalue weighted by atomic mass is 79.9.